The fourth-order valence-electron chi connectivity index (χ4n) is 3.13. The Hall–Kier alpha value is -3.43. The highest BCUT2D eigenvalue weighted by molar-refractivity contribution is 5.96. The second-order valence-electron chi connectivity index (χ2n) is 6.36. The number of nitrogens with zero attached hydrogens (tertiary/aromatic N) is 3. The fourth-order valence-corrected chi connectivity index (χ4v) is 3.13. The number of amides is 2. The predicted molar refractivity (Wildman–Crippen MR) is 103 cm³/mol. The van der Waals surface area contributed by atoms with Crippen LogP contribution in [-0.2, 0) is 20.8 Å². The number of hydrogen-bond donors (Lipinski definition) is 2. The van der Waals surface area contributed by atoms with Crippen LogP contribution in [0.15, 0.2) is 29.5 Å². The van der Waals surface area contributed by atoms with Crippen LogP contribution in [0.3, 0.4) is 0 Å². The summed E-state index contributed by atoms with van der Waals surface area (Å²) in [4.78, 5) is 36.7. The molecule has 0 saturated carbocycles. The average Bonchev–Trinajstić information content (AvgIpc) is 3.13. The lowest BCUT2D eigenvalue weighted by atomic mass is 10.0. The van der Waals surface area contributed by atoms with Gasteiger partial charge in [0.05, 0.1) is 35.0 Å². The van der Waals surface area contributed by atoms with E-state index < -0.39 is 24.0 Å². The van der Waals surface area contributed by atoms with Gasteiger partial charge in [0.1, 0.15) is 12.1 Å². The average molecular weight is 401 g/mol. The maximum absolute atomic E-state index is 12.5. The summed E-state index contributed by atoms with van der Waals surface area (Å²) < 4.78 is 12.2. The molecule has 1 aliphatic rings. The van der Waals surface area contributed by atoms with E-state index in [1.165, 1.54) is 0 Å². The van der Waals surface area contributed by atoms with Crippen molar-refractivity contribution in [3.8, 4) is 0 Å². The highest BCUT2D eigenvalue weighted by Gasteiger charge is 2.32. The third-order valence-corrected chi connectivity index (χ3v) is 4.54. The van der Waals surface area contributed by atoms with Gasteiger partial charge in [-0.1, -0.05) is 12.1 Å². The minimum atomic E-state index is -0.602. The van der Waals surface area contributed by atoms with Crippen molar-refractivity contribution in [2.24, 2.45) is 0 Å². The Kier molecular flexibility index (Phi) is 6.10. The summed E-state index contributed by atoms with van der Waals surface area (Å²) in [5.41, 5.74) is 2.15. The van der Waals surface area contributed by atoms with Crippen molar-refractivity contribution in [2.75, 3.05) is 13.2 Å². The molecule has 2 heterocycles. The lowest BCUT2D eigenvalue weighted by molar-refractivity contribution is -0.139. The topological polar surface area (TPSA) is 124 Å². The maximum Gasteiger partial charge on any atom is 0.338 e. The molecule has 0 spiro atoms. The van der Waals surface area contributed by atoms with E-state index in [1.54, 1.807) is 29.8 Å². The van der Waals surface area contributed by atoms with Gasteiger partial charge >= 0.3 is 18.0 Å². The number of rotatable bonds is 7. The molecular formula is C19H23N5O5. The molecule has 29 heavy (non-hydrogen) atoms. The largest absolute Gasteiger partial charge is 0.463 e. The first kappa shape index (κ1) is 20.3. The summed E-state index contributed by atoms with van der Waals surface area (Å²) in [6, 6.07) is 3.98. The second-order valence-corrected chi connectivity index (χ2v) is 6.36. The molecule has 1 aromatic carbocycles. The Morgan fingerprint density at radius 3 is 2.66 bits per heavy atom. The first-order valence-electron chi connectivity index (χ1n) is 9.46. The number of fused-ring (bicyclic) bond motifs is 1. The standard InChI is InChI=1S/C19H23N5O5/c1-4-12-16(18(26)28-6-3)14(21-19(27)20-12)10-29-17(25)11-7-8-15-13(9-11)22-23-24(15)5-2/h7-9,12H,4-6,10H2,1-3H3,(H2,20,21,27). The van der Waals surface area contributed by atoms with Gasteiger partial charge in [0, 0.05) is 6.54 Å². The molecule has 1 atom stereocenters. The quantitative estimate of drug-likeness (QED) is 0.674. The normalized spacial score (nSPS) is 16.4. The number of carbonyl (C=O) groups is 3. The van der Waals surface area contributed by atoms with Crippen LogP contribution in [0.1, 0.15) is 37.6 Å². The van der Waals surface area contributed by atoms with E-state index in [-0.39, 0.29) is 24.5 Å². The van der Waals surface area contributed by atoms with Gasteiger partial charge in [0.15, 0.2) is 0 Å². The molecule has 10 nitrogen and oxygen atoms in total. The van der Waals surface area contributed by atoms with Gasteiger partial charge in [0.25, 0.3) is 0 Å². The van der Waals surface area contributed by atoms with Crippen molar-refractivity contribution in [1.29, 1.82) is 0 Å². The Morgan fingerprint density at radius 2 is 1.97 bits per heavy atom. The van der Waals surface area contributed by atoms with Crippen LogP contribution in [0.5, 0.6) is 0 Å². The van der Waals surface area contributed by atoms with E-state index in [1.807, 2.05) is 13.8 Å². The van der Waals surface area contributed by atoms with E-state index in [9.17, 15) is 14.4 Å². The van der Waals surface area contributed by atoms with Crippen LogP contribution in [-0.4, -0.2) is 52.2 Å². The number of hydrogen-bond acceptors (Lipinski definition) is 7. The van der Waals surface area contributed by atoms with Crippen molar-refractivity contribution >= 4 is 29.0 Å². The summed E-state index contributed by atoms with van der Waals surface area (Å²) >= 11 is 0. The molecule has 10 heteroatoms. The number of benzene rings is 1. The van der Waals surface area contributed by atoms with Crippen LogP contribution < -0.4 is 10.6 Å². The SMILES string of the molecule is CCOC(=O)C1=C(COC(=O)c2ccc3c(c2)nnn3CC)NC(=O)NC1CC. The minimum absolute atomic E-state index is 0.193. The summed E-state index contributed by atoms with van der Waals surface area (Å²) in [5, 5.41) is 13.3. The Morgan fingerprint density at radius 1 is 1.17 bits per heavy atom. The number of nitrogens with one attached hydrogen (secondary N) is 2. The number of carbonyl (C=O) groups excluding carboxylic acids is 3. The monoisotopic (exact) mass is 401 g/mol. The van der Waals surface area contributed by atoms with E-state index >= 15 is 0 Å². The molecule has 0 radical (unpaired) electrons. The number of esters is 2. The number of aryl methyl sites for hydroxylation is 1. The van der Waals surface area contributed by atoms with Crippen LogP contribution in [0.4, 0.5) is 4.79 Å². The molecule has 1 unspecified atom stereocenters. The molecule has 2 N–H and O–H groups in total. The maximum atomic E-state index is 12.5. The van der Waals surface area contributed by atoms with Gasteiger partial charge in [-0.3, -0.25) is 0 Å². The van der Waals surface area contributed by atoms with Crippen LogP contribution in [0, 0.1) is 0 Å². The van der Waals surface area contributed by atoms with Crippen molar-refractivity contribution in [3.05, 3.63) is 35.0 Å². The zero-order chi connectivity index (χ0) is 21.0. The molecule has 154 valence electrons. The zero-order valence-corrected chi connectivity index (χ0v) is 16.5. The van der Waals surface area contributed by atoms with E-state index in [4.69, 9.17) is 9.47 Å². The van der Waals surface area contributed by atoms with E-state index in [2.05, 4.69) is 20.9 Å². The molecule has 1 aromatic heterocycles. The van der Waals surface area contributed by atoms with Gasteiger partial charge in [-0.15, -0.1) is 5.10 Å². The number of aromatic nitrogens is 3. The van der Waals surface area contributed by atoms with Crippen molar-refractivity contribution < 1.29 is 23.9 Å². The first-order valence-corrected chi connectivity index (χ1v) is 9.46. The highest BCUT2D eigenvalue weighted by atomic mass is 16.5. The second kappa shape index (κ2) is 8.72. The lowest BCUT2D eigenvalue weighted by Crippen LogP contribution is -2.51. The van der Waals surface area contributed by atoms with Crippen LogP contribution in [0.25, 0.3) is 11.0 Å². The molecule has 3 rings (SSSR count). The highest BCUT2D eigenvalue weighted by Crippen LogP contribution is 2.19. The van der Waals surface area contributed by atoms with Gasteiger partial charge in [0.2, 0.25) is 0 Å². The van der Waals surface area contributed by atoms with Gasteiger partial charge < -0.3 is 20.1 Å². The van der Waals surface area contributed by atoms with E-state index in [0.29, 0.717) is 24.0 Å². The van der Waals surface area contributed by atoms with Crippen LogP contribution in [0.2, 0.25) is 0 Å². The third-order valence-electron chi connectivity index (χ3n) is 4.54. The smallest absolute Gasteiger partial charge is 0.338 e. The Balaban J connectivity index is 1.80. The molecule has 0 aliphatic carbocycles. The van der Waals surface area contributed by atoms with E-state index in [0.717, 1.165) is 5.52 Å². The molecule has 2 aromatic rings. The van der Waals surface area contributed by atoms with Crippen molar-refractivity contribution in [2.45, 2.75) is 39.8 Å². The predicted octanol–water partition coefficient (Wildman–Crippen LogP) is 1.52. The lowest BCUT2D eigenvalue weighted by Gasteiger charge is -2.28. The molecule has 1 aliphatic heterocycles. The molecular weight excluding hydrogens is 378 g/mol. The number of ether oxygens (including phenoxy) is 2. The first-order chi connectivity index (χ1) is 14.0. The molecule has 2 amide bonds. The Labute approximate surface area is 167 Å². The van der Waals surface area contributed by atoms with Crippen molar-refractivity contribution in [3.63, 3.8) is 0 Å². The minimum Gasteiger partial charge on any atom is -0.463 e. The summed E-state index contributed by atoms with van der Waals surface area (Å²) in [7, 11) is 0. The third kappa shape index (κ3) is 4.20. The van der Waals surface area contributed by atoms with Gasteiger partial charge in [-0.25, -0.2) is 19.1 Å². The van der Waals surface area contributed by atoms with Crippen molar-refractivity contribution in [1.82, 2.24) is 25.6 Å². The molecule has 0 fully saturated rings. The summed E-state index contributed by atoms with van der Waals surface area (Å²) in [6.07, 6.45) is 0.489. The molecule has 0 bridgehead atoms. The van der Waals surface area contributed by atoms with Crippen LogP contribution >= 0.6 is 0 Å². The van der Waals surface area contributed by atoms with Gasteiger partial charge in [-0.2, -0.15) is 0 Å². The summed E-state index contributed by atoms with van der Waals surface area (Å²) in [5.74, 6) is -1.16. The number of urea groups is 1. The Bertz CT molecular complexity index is 981. The molecule has 0 saturated heterocycles. The fraction of sp³-hybridized carbons (Fsp3) is 0.421. The van der Waals surface area contributed by atoms with Gasteiger partial charge in [-0.05, 0) is 38.5 Å². The zero-order valence-electron chi connectivity index (χ0n) is 16.5. The summed E-state index contributed by atoms with van der Waals surface area (Å²) in [6.45, 7) is 6.06.